The summed E-state index contributed by atoms with van der Waals surface area (Å²) in [7, 11) is 1.55. The van der Waals surface area contributed by atoms with Crippen LogP contribution >= 0.6 is 24.0 Å². The average molecular weight is 529 g/mol. The van der Waals surface area contributed by atoms with Crippen LogP contribution in [0.25, 0.3) is 6.08 Å². The molecule has 1 aliphatic carbocycles. The van der Waals surface area contributed by atoms with Crippen LogP contribution in [0, 0.1) is 18.3 Å². The molecule has 1 aromatic heterocycles. The second-order valence-electron chi connectivity index (χ2n) is 8.77. The Morgan fingerprint density at radius 2 is 2.08 bits per heavy atom. The van der Waals surface area contributed by atoms with Crippen LogP contribution < -0.4 is 10.1 Å². The number of methoxy groups -OCH3 is 1. The van der Waals surface area contributed by atoms with Gasteiger partial charge in [0.05, 0.1) is 12.7 Å². The lowest BCUT2D eigenvalue weighted by molar-refractivity contribution is -0.124. The third-order valence-corrected chi connectivity index (χ3v) is 7.69. The van der Waals surface area contributed by atoms with Crippen LogP contribution in [0.15, 0.2) is 35.0 Å². The predicted molar refractivity (Wildman–Crippen MR) is 139 cm³/mol. The zero-order valence-electron chi connectivity index (χ0n) is 20.0. The summed E-state index contributed by atoms with van der Waals surface area (Å²) in [5.41, 5.74) is 2.34. The van der Waals surface area contributed by atoms with E-state index < -0.39 is 6.43 Å². The fraction of sp³-hybridized carbons (Fsp3) is 0.385. The van der Waals surface area contributed by atoms with Gasteiger partial charge in [0.2, 0.25) is 0 Å². The molecule has 0 radical (unpaired) electrons. The first-order chi connectivity index (χ1) is 17.3. The van der Waals surface area contributed by atoms with Crippen LogP contribution in [-0.2, 0) is 10.5 Å². The molecular weight excluding hydrogens is 502 g/mol. The third-order valence-electron chi connectivity index (χ3n) is 6.37. The van der Waals surface area contributed by atoms with Crippen LogP contribution in [0.4, 0.5) is 8.78 Å². The normalized spacial score (nSPS) is 17.6. The largest absolute Gasteiger partial charge is 0.496 e. The molecule has 4 rings (SSSR count). The minimum Gasteiger partial charge on any atom is -0.496 e. The smallest absolute Gasteiger partial charge is 0.280 e. The van der Waals surface area contributed by atoms with Crippen LogP contribution in [0.3, 0.4) is 0 Å². The highest BCUT2D eigenvalue weighted by Crippen LogP contribution is 2.33. The summed E-state index contributed by atoms with van der Waals surface area (Å²) in [6.45, 7) is 1.62. The van der Waals surface area contributed by atoms with Crippen LogP contribution in [-0.4, -0.2) is 34.1 Å². The summed E-state index contributed by atoms with van der Waals surface area (Å²) in [6, 6.07) is 8.94. The minimum absolute atomic E-state index is 0.124. The Kier molecular flexibility index (Phi) is 8.21. The Morgan fingerprint density at radius 1 is 1.33 bits per heavy atom. The van der Waals surface area contributed by atoms with Crippen molar-refractivity contribution in [1.82, 2.24) is 15.2 Å². The fourth-order valence-corrected chi connectivity index (χ4v) is 5.93. The standard InChI is InChI=1S/C26H26F2N4O2S2/c1-15-10-20(23(27)28)30-24(19(15)13-29)36-14-17-11-16(8-9-22(17)34-2)12-21-25(33)32(26(35)31-21)18-6-4-3-5-7-18/h8-12,18,23H,3-7,14H2,1-2H3,(H,31,35)/b21-12+. The number of nitrogens with one attached hydrogen (secondary N) is 1. The number of hydrogen-bond donors (Lipinski definition) is 1. The van der Waals surface area contributed by atoms with E-state index in [1.54, 1.807) is 31.1 Å². The number of carbonyl (C=O) groups excluding carboxylic acids is 1. The Balaban J connectivity index is 1.57. The van der Waals surface area contributed by atoms with Gasteiger partial charge in [-0.05, 0) is 67.4 Å². The van der Waals surface area contributed by atoms with Crippen molar-refractivity contribution in [3.8, 4) is 11.8 Å². The second kappa shape index (κ2) is 11.4. The number of alkyl halides is 2. The summed E-state index contributed by atoms with van der Waals surface area (Å²) < 4.78 is 32.0. The quantitative estimate of drug-likeness (QED) is 0.273. The second-order valence-corrected chi connectivity index (χ2v) is 10.1. The Bertz CT molecular complexity index is 1250. The molecule has 1 amide bonds. The molecule has 2 fully saturated rings. The monoisotopic (exact) mass is 528 g/mol. The van der Waals surface area contributed by atoms with Crippen molar-refractivity contribution in [2.24, 2.45) is 0 Å². The molecule has 0 unspecified atom stereocenters. The predicted octanol–water partition coefficient (Wildman–Crippen LogP) is 5.89. The average Bonchev–Trinajstić information content (AvgIpc) is 3.15. The van der Waals surface area contributed by atoms with E-state index in [0.717, 1.165) is 36.8 Å². The molecule has 1 aliphatic heterocycles. The first-order valence-corrected chi connectivity index (χ1v) is 13.1. The van der Waals surface area contributed by atoms with Gasteiger partial charge in [-0.25, -0.2) is 13.8 Å². The van der Waals surface area contributed by atoms with Gasteiger partial charge >= 0.3 is 0 Å². The summed E-state index contributed by atoms with van der Waals surface area (Å²) in [6.07, 6.45) is 4.31. The molecule has 1 saturated carbocycles. The zero-order chi connectivity index (χ0) is 25.8. The Labute approximate surface area is 218 Å². The maximum Gasteiger partial charge on any atom is 0.280 e. The molecule has 36 heavy (non-hydrogen) atoms. The first-order valence-electron chi connectivity index (χ1n) is 11.7. The van der Waals surface area contributed by atoms with E-state index in [9.17, 15) is 18.8 Å². The van der Waals surface area contributed by atoms with Crippen LogP contribution in [0.2, 0.25) is 0 Å². The number of aromatic nitrogens is 1. The Morgan fingerprint density at radius 3 is 2.75 bits per heavy atom. The number of halogens is 2. The number of thioether (sulfide) groups is 1. The zero-order valence-corrected chi connectivity index (χ0v) is 21.6. The molecule has 1 N–H and O–H groups in total. The number of nitriles is 1. The maximum atomic E-state index is 13.3. The number of rotatable bonds is 7. The summed E-state index contributed by atoms with van der Waals surface area (Å²) in [5, 5.41) is 13.3. The van der Waals surface area contributed by atoms with Crippen LogP contribution in [0.1, 0.15) is 66.5 Å². The first kappa shape index (κ1) is 26.0. The molecule has 0 bridgehead atoms. The van der Waals surface area contributed by atoms with Gasteiger partial charge in [0.15, 0.2) is 5.11 Å². The molecule has 6 nitrogen and oxygen atoms in total. The Hall–Kier alpha value is -3.03. The van der Waals surface area contributed by atoms with Crippen molar-refractivity contribution in [1.29, 1.82) is 5.26 Å². The number of aryl methyl sites for hydroxylation is 1. The van der Waals surface area contributed by atoms with Crippen molar-refractivity contribution in [3.63, 3.8) is 0 Å². The number of nitrogens with zero attached hydrogens (tertiary/aromatic N) is 3. The molecule has 188 valence electrons. The lowest BCUT2D eigenvalue weighted by Gasteiger charge is -2.29. The highest BCUT2D eigenvalue weighted by atomic mass is 32.2. The lowest BCUT2D eigenvalue weighted by Crippen LogP contribution is -2.41. The van der Waals surface area contributed by atoms with E-state index >= 15 is 0 Å². The molecule has 1 aromatic carbocycles. The van der Waals surface area contributed by atoms with Gasteiger partial charge in [0, 0.05) is 17.4 Å². The molecule has 2 aliphatic rings. The van der Waals surface area contributed by atoms with Crippen molar-refractivity contribution >= 4 is 41.1 Å². The van der Waals surface area contributed by atoms with Crippen molar-refractivity contribution < 1.29 is 18.3 Å². The van der Waals surface area contributed by atoms with Crippen molar-refractivity contribution in [3.05, 3.63) is 57.9 Å². The number of hydrogen-bond acceptors (Lipinski definition) is 6. The van der Waals surface area contributed by atoms with E-state index in [1.807, 2.05) is 12.1 Å². The van der Waals surface area contributed by atoms with Gasteiger partial charge in [-0.15, -0.1) is 11.8 Å². The number of ether oxygens (including phenoxy) is 1. The molecule has 2 aromatic rings. The lowest BCUT2D eigenvalue weighted by atomic mass is 9.94. The van der Waals surface area contributed by atoms with E-state index in [2.05, 4.69) is 16.4 Å². The van der Waals surface area contributed by atoms with Crippen molar-refractivity contribution in [2.75, 3.05) is 7.11 Å². The van der Waals surface area contributed by atoms with E-state index in [0.29, 0.717) is 27.9 Å². The number of amides is 1. The summed E-state index contributed by atoms with van der Waals surface area (Å²) in [4.78, 5) is 18.8. The molecule has 10 heteroatoms. The topological polar surface area (TPSA) is 78.2 Å². The van der Waals surface area contributed by atoms with Gasteiger partial charge in [0.25, 0.3) is 12.3 Å². The molecule has 0 atom stereocenters. The number of benzene rings is 1. The summed E-state index contributed by atoms with van der Waals surface area (Å²) in [5.74, 6) is 0.817. The van der Waals surface area contributed by atoms with E-state index in [1.165, 1.54) is 24.2 Å². The van der Waals surface area contributed by atoms with Gasteiger partial charge in [-0.1, -0.05) is 25.3 Å². The van der Waals surface area contributed by atoms with E-state index in [4.69, 9.17) is 17.0 Å². The minimum atomic E-state index is -2.73. The van der Waals surface area contributed by atoms with Crippen LogP contribution in [0.5, 0.6) is 5.75 Å². The highest BCUT2D eigenvalue weighted by molar-refractivity contribution is 7.98. The van der Waals surface area contributed by atoms with Gasteiger partial charge in [-0.3, -0.25) is 9.69 Å². The van der Waals surface area contributed by atoms with Gasteiger partial charge in [-0.2, -0.15) is 5.26 Å². The van der Waals surface area contributed by atoms with Gasteiger partial charge in [0.1, 0.15) is 28.2 Å². The molecular formula is C26H26F2N4O2S2. The molecule has 0 spiro atoms. The third kappa shape index (κ3) is 5.52. The number of thiocarbonyl (C=S) groups is 1. The summed E-state index contributed by atoms with van der Waals surface area (Å²) >= 11 is 6.65. The maximum absolute atomic E-state index is 13.3. The SMILES string of the molecule is COc1ccc(/C=C2/NC(=S)N(C3CCCCC3)C2=O)cc1CSc1nc(C(F)F)cc(C)c1C#N. The van der Waals surface area contributed by atoms with E-state index in [-0.39, 0.29) is 28.2 Å². The fourth-order valence-electron chi connectivity index (χ4n) is 4.55. The highest BCUT2D eigenvalue weighted by Gasteiger charge is 2.36. The molecule has 1 saturated heterocycles. The number of pyridine rings is 1. The van der Waals surface area contributed by atoms with Crippen molar-refractivity contribution in [2.45, 2.75) is 62.3 Å². The molecule has 2 heterocycles. The number of carbonyl (C=O) groups is 1. The van der Waals surface area contributed by atoms with Gasteiger partial charge < -0.3 is 10.1 Å².